The highest BCUT2D eigenvalue weighted by molar-refractivity contribution is 6.02. The molecule has 9 heteroatoms. The molecule has 2 aliphatic heterocycles. The van der Waals surface area contributed by atoms with Gasteiger partial charge in [0.25, 0.3) is 5.91 Å². The molecule has 1 atom stereocenters. The first kappa shape index (κ1) is 23.4. The van der Waals surface area contributed by atoms with Crippen LogP contribution >= 0.6 is 0 Å². The summed E-state index contributed by atoms with van der Waals surface area (Å²) >= 11 is 0. The van der Waals surface area contributed by atoms with Gasteiger partial charge in [-0.05, 0) is 31.9 Å². The molecule has 2 aromatic heterocycles. The molecule has 2 N–H and O–H groups in total. The van der Waals surface area contributed by atoms with Crippen molar-refractivity contribution in [1.29, 1.82) is 5.26 Å². The highest BCUT2D eigenvalue weighted by atomic mass is 16.2. The Morgan fingerprint density at radius 2 is 2.08 bits per heavy atom. The van der Waals surface area contributed by atoms with E-state index in [0.717, 1.165) is 30.3 Å². The van der Waals surface area contributed by atoms with E-state index in [2.05, 4.69) is 29.4 Å². The van der Waals surface area contributed by atoms with E-state index in [4.69, 9.17) is 15.7 Å². The second-order valence-electron chi connectivity index (χ2n) is 9.10. The van der Waals surface area contributed by atoms with Crippen LogP contribution in [-0.2, 0) is 13.1 Å². The molecule has 1 amide bonds. The Balaban J connectivity index is 1.58. The summed E-state index contributed by atoms with van der Waals surface area (Å²) in [5.41, 5.74) is 8.40. The van der Waals surface area contributed by atoms with Gasteiger partial charge in [-0.1, -0.05) is 30.7 Å². The number of imidazole rings is 1. The first-order valence-electron chi connectivity index (χ1n) is 12.0. The summed E-state index contributed by atoms with van der Waals surface area (Å²) in [7, 11) is 1.84. The molecule has 4 heterocycles. The smallest absolute Gasteiger partial charge is 0.280 e. The molecule has 0 radical (unpaired) electrons. The number of para-hydroxylation sites is 1. The van der Waals surface area contributed by atoms with Gasteiger partial charge in [0.05, 0.1) is 29.9 Å². The quantitative estimate of drug-likeness (QED) is 0.572. The summed E-state index contributed by atoms with van der Waals surface area (Å²) in [5.74, 6) is 7.47. The Hall–Kier alpha value is -4.34. The number of carbonyl (C=O) groups is 1. The van der Waals surface area contributed by atoms with Crippen LogP contribution in [0.2, 0.25) is 0 Å². The van der Waals surface area contributed by atoms with Gasteiger partial charge in [0, 0.05) is 31.6 Å². The van der Waals surface area contributed by atoms with Crippen molar-refractivity contribution in [3.63, 3.8) is 0 Å². The van der Waals surface area contributed by atoms with E-state index in [1.165, 1.54) is 0 Å². The van der Waals surface area contributed by atoms with Gasteiger partial charge >= 0.3 is 0 Å². The maximum absolute atomic E-state index is 14.0. The zero-order valence-corrected chi connectivity index (χ0v) is 20.5. The molecule has 0 saturated carbocycles. The number of nitrogens with zero attached hydrogens (tertiary/aromatic N) is 7. The van der Waals surface area contributed by atoms with Gasteiger partial charge in [0.15, 0.2) is 11.5 Å². The van der Waals surface area contributed by atoms with Crippen molar-refractivity contribution in [3.05, 3.63) is 59.7 Å². The van der Waals surface area contributed by atoms with Crippen LogP contribution in [0.15, 0.2) is 42.7 Å². The number of nitrogens with two attached hydrogens (primary N) is 1. The van der Waals surface area contributed by atoms with Crippen molar-refractivity contribution in [1.82, 2.24) is 19.4 Å². The van der Waals surface area contributed by atoms with Gasteiger partial charge < -0.3 is 15.5 Å². The molecule has 0 bridgehead atoms. The Kier molecular flexibility index (Phi) is 6.09. The average Bonchev–Trinajstić information content (AvgIpc) is 3.28. The Labute approximate surface area is 210 Å². The largest absolute Gasteiger partial charge is 0.341 e. The third-order valence-electron chi connectivity index (χ3n) is 6.78. The highest BCUT2D eigenvalue weighted by Gasteiger charge is 2.38. The van der Waals surface area contributed by atoms with Crippen molar-refractivity contribution in [2.75, 3.05) is 29.9 Å². The summed E-state index contributed by atoms with van der Waals surface area (Å²) in [6, 6.07) is 11.7. The van der Waals surface area contributed by atoms with E-state index < -0.39 is 0 Å². The molecule has 3 aromatic rings. The molecule has 0 spiro atoms. The lowest BCUT2D eigenvalue weighted by atomic mass is 10.1. The molecule has 5 rings (SSSR count). The average molecular weight is 481 g/mol. The number of piperidine rings is 1. The van der Waals surface area contributed by atoms with Crippen molar-refractivity contribution >= 4 is 28.6 Å². The van der Waals surface area contributed by atoms with E-state index in [0.29, 0.717) is 47.6 Å². The van der Waals surface area contributed by atoms with Crippen molar-refractivity contribution in [2.45, 2.75) is 38.9 Å². The monoisotopic (exact) mass is 480 g/mol. The van der Waals surface area contributed by atoms with E-state index in [1.54, 1.807) is 11.8 Å². The van der Waals surface area contributed by atoms with Crippen molar-refractivity contribution < 1.29 is 4.79 Å². The molecule has 182 valence electrons. The van der Waals surface area contributed by atoms with E-state index in [9.17, 15) is 10.1 Å². The number of rotatable bonds is 4. The van der Waals surface area contributed by atoms with E-state index in [1.807, 2.05) is 46.8 Å². The van der Waals surface area contributed by atoms with Crippen LogP contribution < -0.4 is 15.5 Å². The summed E-state index contributed by atoms with van der Waals surface area (Å²) in [6.07, 6.45) is 1.93. The van der Waals surface area contributed by atoms with Gasteiger partial charge in [0.1, 0.15) is 11.9 Å². The maximum Gasteiger partial charge on any atom is 0.280 e. The number of nitriles is 1. The fourth-order valence-electron chi connectivity index (χ4n) is 4.85. The van der Waals surface area contributed by atoms with Crippen LogP contribution in [0.4, 0.5) is 11.8 Å². The molecule has 1 fully saturated rings. The Bertz CT molecular complexity index is 1470. The number of benzene rings is 1. The molecule has 1 saturated heterocycles. The summed E-state index contributed by atoms with van der Waals surface area (Å²) in [6.45, 7) is 7.88. The zero-order valence-electron chi connectivity index (χ0n) is 20.5. The van der Waals surface area contributed by atoms with Gasteiger partial charge in [-0.25, -0.2) is 4.98 Å². The Morgan fingerprint density at radius 3 is 2.83 bits per heavy atom. The third-order valence-corrected chi connectivity index (χ3v) is 6.78. The number of amides is 1. The topological polar surface area (TPSA) is 107 Å². The summed E-state index contributed by atoms with van der Waals surface area (Å²) in [5, 5.41) is 10.7. The van der Waals surface area contributed by atoms with E-state index >= 15 is 0 Å². The van der Waals surface area contributed by atoms with Crippen molar-refractivity contribution in [2.24, 2.45) is 5.73 Å². The molecular weight excluding hydrogens is 452 g/mol. The number of anilines is 2. The molecule has 0 aliphatic carbocycles. The summed E-state index contributed by atoms with van der Waals surface area (Å²) in [4.78, 5) is 29.0. The van der Waals surface area contributed by atoms with Gasteiger partial charge in [-0.3, -0.25) is 14.3 Å². The number of fused-ring (bicyclic) bond motifs is 2. The minimum Gasteiger partial charge on any atom is -0.341 e. The molecule has 9 nitrogen and oxygen atoms in total. The second kappa shape index (κ2) is 9.37. The molecule has 2 aliphatic rings. The number of pyridine rings is 1. The summed E-state index contributed by atoms with van der Waals surface area (Å²) < 4.78 is 1.88. The fraction of sp³-hybridized carbons (Fsp3) is 0.333. The van der Waals surface area contributed by atoms with Crippen LogP contribution in [0, 0.1) is 23.2 Å². The lowest BCUT2D eigenvalue weighted by molar-refractivity contribution is 0.0772. The zero-order chi connectivity index (χ0) is 25.4. The highest BCUT2D eigenvalue weighted by Crippen LogP contribution is 2.36. The van der Waals surface area contributed by atoms with Crippen molar-refractivity contribution in [3.8, 4) is 17.9 Å². The predicted molar refractivity (Wildman–Crippen MR) is 139 cm³/mol. The van der Waals surface area contributed by atoms with Gasteiger partial charge in [-0.15, -0.1) is 5.92 Å². The van der Waals surface area contributed by atoms with Gasteiger partial charge in [-0.2, -0.15) is 10.2 Å². The third kappa shape index (κ3) is 3.94. The number of hydrogen-bond acceptors (Lipinski definition) is 7. The van der Waals surface area contributed by atoms with E-state index in [-0.39, 0.29) is 18.5 Å². The van der Waals surface area contributed by atoms with Gasteiger partial charge in [0.2, 0.25) is 5.95 Å². The Morgan fingerprint density at radius 1 is 1.28 bits per heavy atom. The SMILES string of the molecule is C=C1N(Cc2nc3ccccc3cc2C#N)C(=O)c2c(nc(N3CCC[C@@H](N)C3)n2CC#CC)N1C. The lowest BCUT2D eigenvalue weighted by Crippen LogP contribution is -2.44. The predicted octanol–water partition coefficient (Wildman–Crippen LogP) is 2.82. The van der Waals surface area contributed by atoms with Crippen LogP contribution in [0.3, 0.4) is 0 Å². The van der Waals surface area contributed by atoms with Crippen LogP contribution in [0.5, 0.6) is 0 Å². The number of carbonyl (C=O) groups excluding carboxylic acids is 1. The molecule has 0 unspecified atom stereocenters. The normalized spacial score (nSPS) is 17.6. The minimum atomic E-state index is -0.245. The first-order chi connectivity index (χ1) is 17.4. The van der Waals surface area contributed by atoms with Crippen LogP contribution in [-0.4, -0.2) is 51.5 Å². The molecule has 36 heavy (non-hydrogen) atoms. The molecular formula is C27H28N8O. The maximum atomic E-state index is 14.0. The van der Waals surface area contributed by atoms with Crippen LogP contribution in [0.1, 0.15) is 41.5 Å². The number of aromatic nitrogens is 3. The first-order valence-corrected chi connectivity index (χ1v) is 12.0. The number of hydrogen-bond donors (Lipinski definition) is 1. The minimum absolute atomic E-state index is 0.0569. The standard InChI is InChI=1S/C27H28N8O/c1-4-5-13-34-24-25(31-27(34)33-12-8-10-21(29)16-33)32(3)18(2)35(26(24)36)17-23-20(15-28)14-19-9-6-7-11-22(19)30-23/h6-7,9,11,14,21H,2,8,10,12-13,16-17,29H2,1,3H3/t21-/m1/s1. The lowest BCUT2D eigenvalue weighted by Gasteiger charge is -2.35. The second-order valence-corrected chi connectivity index (χ2v) is 9.10. The molecule has 1 aromatic carbocycles. The fourth-order valence-corrected chi connectivity index (χ4v) is 4.85. The van der Waals surface area contributed by atoms with Crippen LogP contribution in [0.25, 0.3) is 10.9 Å².